The highest BCUT2D eigenvalue weighted by molar-refractivity contribution is 6.00. The third kappa shape index (κ3) is 5.35. The van der Waals surface area contributed by atoms with Gasteiger partial charge in [-0.15, -0.1) is 0 Å². The molecule has 0 saturated heterocycles. The van der Waals surface area contributed by atoms with E-state index in [-0.39, 0.29) is 11.8 Å². The highest BCUT2D eigenvalue weighted by atomic mass is 16.6. The molecule has 2 rings (SSSR count). The Labute approximate surface area is 148 Å². The maximum atomic E-state index is 11.5. The summed E-state index contributed by atoms with van der Waals surface area (Å²) in [6.07, 6.45) is 0. The molecule has 0 saturated carbocycles. The Hall–Kier alpha value is -2.82. The summed E-state index contributed by atoms with van der Waals surface area (Å²) in [4.78, 5) is 16.5. The SMILES string of the molecule is CON=C(NC(C)=O)C(COc1ccc(C)cc1C)c1ccccc1. The molecule has 25 heavy (non-hydrogen) atoms. The molecule has 1 N–H and O–H groups in total. The van der Waals surface area contributed by atoms with E-state index in [0.29, 0.717) is 12.4 Å². The summed E-state index contributed by atoms with van der Waals surface area (Å²) in [6.45, 7) is 5.83. The summed E-state index contributed by atoms with van der Waals surface area (Å²) < 4.78 is 6.03. The minimum absolute atomic E-state index is 0.205. The van der Waals surface area contributed by atoms with Crippen LogP contribution in [0.15, 0.2) is 53.7 Å². The number of hydrogen-bond donors (Lipinski definition) is 1. The van der Waals surface area contributed by atoms with Crippen LogP contribution in [-0.2, 0) is 9.63 Å². The molecule has 0 spiro atoms. The molecule has 0 bridgehead atoms. The van der Waals surface area contributed by atoms with Crippen molar-refractivity contribution in [1.82, 2.24) is 5.32 Å². The van der Waals surface area contributed by atoms with E-state index in [2.05, 4.69) is 16.5 Å². The zero-order valence-corrected chi connectivity index (χ0v) is 15.1. The number of carbonyl (C=O) groups excluding carboxylic acids is 1. The van der Waals surface area contributed by atoms with Crippen molar-refractivity contribution in [2.75, 3.05) is 13.7 Å². The quantitative estimate of drug-likeness (QED) is 0.497. The van der Waals surface area contributed by atoms with E-state index >= 15 is 0 Å². The smallest absolute Gasteiger partial charge is 0.222 e. The van der Waals surface area contributed by atoms with E-state index in [0.717, 1.165) is 16.9 Å². The molecule has 0 aliphatic heterocycles. The van der Waals surface area contributed by atoms with Crippen LogP contribution in [0.25, 0.3) is 0 Å². The number of rotatable bonds is 6. The highest BCUT2D eigenvalue weighted by Gasteiger charge is 2.22. The van der Waals surface area contributed by atoms with Gasteiger partial charge in [-0.3, -0.25) is 4.79 Å². The van der Waals surface area contributed by atoms with Crippen molar-refractivity contribution in [3.8, 4) is 5.75 Å². The lowest BCUT2D eigenvalue weighted by Crippen LogP contribution is -2.36. The van der Waals surface area contributed by atoms with Gasteiger partial charge in [0.05, 0.1) is 5.92 Å². The molecular weight excluding hydrogens is 316 g/mol. The van der Waals surface area contributed by atoms with Crippen LogP contribution in [0.4, 0.5) is 0 Å². The standard InChI is InChI=1S/C20H24N2O3/c1-14-10-11-19(15(2)12-14)25-13-18(17-8-6-5-7-9-17)20(22-24-4)21-16(3)23/h5-12,18H,13H2,1-4H3,(H,21,22,23). The first-order valence-corrected chi connectivity index (χ1v) is 8.15. The lowest BCUT2D eigenvalue weighted by Gasteiger charge is -2.20. The number of nitrogens with one attached hydrogen (secondary N) is 1. The average Bonchev–Trinajstić information content (AvgIpc) is 2.57. The zero-order valence-electron chi connectivity index (χ0n) is 15.1. The van der Waals surface area contributed by atoms with Crippen LogP contribution < -0.4 is 10.1 Å². The van der Waals surface area contributed by atoms with Gasteiger partial charge in [0.1, 0.15) is 19.5 Å². The number of benzene rings is 2. The average molecular weight is 340 g/mol. The molecule has 2 aromatic carbocycles. The number of ether oxygens (including phenoxy) is 1. The van der Waals surface area contributed by atoms with Gasteiger partial charge in [-0.2, -0.15) is 0 Å². The van der Waals surface area contributed by atoms with Gasteiger partial charge in [-0.05, 0) is 31.0 Å². The molecule has 0 aromatic heterocycles. The van der Waals surface area contributed by atoms with Gasteiger partial charge in [0, 0.05) is 6.92 Å². The maximum Gasteiger partial charge on any atom is 0.222 e. The Kier molecular flexibility index (Phi) is 6.57. The molecule has 0 aliphatic carbocycles. The fraction of sp³-hybridized carbons (Fsp3) is 0.300. The van der Waals surface area contributed by atoms with Gasteiger partial charge in [0.25, 0.3) is 0 Å². The Morgan fingerprint density at radius 3 is 2.48 bits per heavy atom. The topological polar surface area (TPSA) is 59.9 Å². The van der Waals surface area contributed by atoms with Gasteiger partial charge < -0.3 is 14.9 Å². The van der Waals surface area contributed by atoms with Crippen LogP contribution in [0, 0.1) is 13.8 Å². The number of carbonyl (C=O) groups is 1. The first kappa shape index (κ1) is 18.5. The van der Waals surface area contributed by atoms with Crippen molar-refractivity contribution < 1.29 is 14.4 Å². The van der Waals surface area contributed by atoms with E-state index in [1.54, 1.807) is 0 Å². The van der Waals surface area contributed by atoms with Crippen LogP contribution in [0.1, 0.15) is 29.5 Å². The molecule has 0 radical (unpaired) electrons. The predicted octanol–water partition coefficient (Wildman–Crippen LogP) is 3.56. The number of amides is 1. The number of oxime groups is 1. The van der Waals surface area contributed by atoms with E-state index in [1.165, 1.54) is 19.6 Å². The molecule has 1 unspecified atom stereocenters. The molecule has 132 valence electrons. The summed E-state index contributed by atoms with van der Waals surface area (Å²) in [7, 11) is 1.45. The van der Waals surface area contributed by atoms with Gasteiger partial charge in [-0.1, -0.05) is 53.2 Å². The number of nitrogens with zero attached hydrogens (tertiary/aromatic N) is 1. The second-order valence-corrected chi connectivity index (χ2v) is 5.88. The number of aryl methyl sites for hydroxylation is 2. The molecule has 2 aromatic rings. The monoisotopic (exact) mass is 340 g/mol. The number of hydrogen-bond acceptors (Lipinski definition) is 4. The summed E-state index contributed by atoms with van der Waals surface area (Å²) >= 11 is 0. The minimum atomic E-state index is -0.259. The Balaban J connectivity index is 2.28. The van der Waals surface area contributed by atoms with Crippen molar-refractivity contribution in [1.29, 1.82) is 0 Å². The number of amidine groups is 1. The van der Waals surface area contributed by atoms with Crippen molar-refractivity contribution >= 4 is 11.7 Å². The van der Waals surface area contributed by atoms with Crippen molar-refractivity contribution in [3.05, 3.63) is 65.2 Å². The van der Waals surface area contributed by atoms with E-state index in [4.69, 9.17) is 9.57 Å². The first-order valence-electron chi connectivity index (χ1n) is 8.15. The maximum absolute atomic E-state index is 11.5. The molecule has 5 nitrogen and oxygen atoms in total. The van der Waals surface area contributed by atoms with Gasteiger partial charge in [-0.25, -0.2) is 0 Å². The summed E-state index contributed by atoms with van der Waals surface area (Å²) in [5, 5.41) is 6.74. The molecule has 5 heteroatoms. The summed E-state index contributed by atoms with van der Waals surface area (Å²) in [5.41, 5.74) is 3.23. The van der Waals surface area contributed by atoms with E-state index in [9.17, 15) is 4.79 Å². The van der Waals surface area contributed by atoms with Crippen LogP contribution in [0.2, 0.25) is 0 Å². The molecule has 0 heterocycles. The second kappa shape index (κ2) is 8.87. The third-order valence-electron chi connectivity index (χ3n) is 3.76. The summed E-state index contributed by atoms with van der Waals surface area (Å²) in [6, 6.07) is 15.8. The van der Waals surface area contributed by atoms with Crippen molar-refractivity contribution in [3.63, 3.8) is 0 Å². The fourth-order valence-corrected chi connectivity index (χ4v) is 2.61. The predicted molar refractivity (Wildman–Crippen MR) is 98.9 cm³/mol. The minimum Gasteiger partial charge on any atom is -0.492 e. The van der Waals surface area contributed by atoms with Crippen LogP contribution in [0.5, 0.6) is 5.75 Å². The second-order valence-electron chi connectivity index (χ2n) is 5.88. The van der Waals surface area contributed by atoms with E-state index < -0.39 is 0 Å². The van der Waals surface area contributed by atoms with Crippen molar-refractivity contribution in [2.45, 2.75) is 26.7 Å². The van der Waals surface area contributed by atoms with Crippen LogP contribution >= 0.6 is 0 Å². The van der Waals surface area contributed by atoms with E-state index in [1.807, 2.05) is 56.3 Å². The normalized spacial score (nSPS) is 12.4. The van der Waals surface area contributed by atoms with Gasteiger partial charge in [0.15, 0.2) is 5.84 Å². The molecule has 0 fully saturated rings. The van der Waals surface area contributed by atoms with Crippen LogP contribution in [-0.4, -0.2) is 25.5 Å². The Bertz CT molecular complexity index is 742. The lowest BCUT2D eigenvalue weighted by molar-refractivity contribution is -0.117. The lowest BCUT2D eigenvalue weighted by atomic mass is 9.98. The zero-order chi connectivity index (χ0) is 18.2. The van der Waals surface area contributed by atoms with Crippen molar-refractivity contribution in [2.24, 2.45) is 5.16 Å². The first-order chi connectivity index (χ1) is 12.0. The largest absolute Gasteiger partial charge is 0.492 e. The van der Waals surface area contributed by atoms with Gasteiger partial charge >= 0.3 is 0 Å². The third-order valence-corrected chi connectivity index (χ3v) is 3.76. The highest BCUT2D eigenvalue weighted by Crippen LogP contribution is 2.23. The summed E-state index contributed by atoms with van der Waals surface area (Å²) in [5.74, 6) is 0.770. The Morgan fingerprint density at radius 1 is 1.16 bits per heavy atom. The molecule has 0 aliphatic rings. The fourth-order valence-electron chi connectivity index (χ4n) is 2.61. The molecular formula is C20H24N2O3. The Morgan fingerprint density at radius 2 is 1.88 bits per heavy atom. The molecule has 1 amide bonds. The van der Waals surface area contributed by atoms with Gasteiger partial charge in [0.2, 0.25) is 5.91 Å². The van der Waals surface area contributed by atoms with Crippen LogP contribution in [0.3, 0.4) is 0 Å². The molecule has 1 atom stereocenters.